The monoisotopic (exact) mass is 456 g/mol. The summed E-state index contributed by atoms with van der Waals surface area (Å²) in [6, 6.07) is -1.32. The van der Waals surface area contributed by atoms with E-state index in [1.54, 1.807) is 0 Å². The van der Waals surface area contributed by atoms with Gasteiger partial charge in [0.1, 0.15) is 30.2 Å². The lowest BCUT2D eigenvalue weighted by molar-refractivity contribution is -0.144. The van der Waals surface area contributed by atoms with Crippen LogP contribution in [0.4, 0.5) is 0 Å². The maximum Gasteiger partial charge on any atom is 0.339 e. The van der Waals surface area contributed by atoms with E-state index in [4.69, 9.17) is 14.6 Å². The summed E-state index contributed by atoms with van der Waals surface area (Å²) in [5, 5.41) is 33.9. The third-order valence-electron chi connectivity index (χ3n) is 4.55. The van der Waals surface area contributed by atoms with E-state index < -0.39 is 49.1 Å². The first kappa shape index (κ1) is 24.3. The minimum absolute atomic E-state index is 0.0452. The van der Waals surface area contributed by atoms with Gasteiger partial charge in [0.2, 0.25) is 11.8 Å². The van der Waals surface area contributed by atoms with Crippen LogP contribution in [0.15, 0.2) is 6.07 Å². The summed E-state index contributed by atoms with van der Waals surface area (Å²) in [5.74, 6) is -3.59. The van der Waals surface area contributed by atoms with Crippen LogP contribution >= 0.6 is 11.8 Å². The molecule has 2 rings (SSSR count). The summed E-state index contributed by atoms with van der Waals surface area (Å²) in [4.78, 5) is 49.3. The Morgan fingerprint density at radius 3 is 2.68 bits per heavy atom. The SMILES string of the molecule is COC(=O)[C@@H]1CSCc2c(O)cc(O)c(C)c2C(=O)OC[C@@H](NC(=O)CCO)C(=O)N1. The number of phenols is 2. The van der Waals surface area contributed by atoms with Crippen molar-refractivity contribution in [2.75, 3.05) is 26.1 Å². The third kappa shape index (κ3) is 6.01. The van der Waals surface area contributed by atoms with Gasteiger partial charge in [-0.15, -0.1) is 0 Å². The van der Waals surface area contributed by atoms with E-state index in [-0.39, 0.29) is 46.1 Å². The van der Waals surface area contributed by atoms with E-state index in [1.165, 1.54) is 6.92 Å². The Balaban J connectivity index is 2.43. The Morgan fingerprint density at radius 1 is 1.32 bits per heavy atom. The van der Waals surface area contributed by atoms with Crippen molar-refractivity contribution < 1.29 is 44.0 Å². The fourth-order valence-corrected chi connectivity index (χ4v) is 3.94. The number of cyclic esters (lactones) is 1. The fourth-order valence-electron chi connectivity index (χ4n) is 2.87. The Hall–Kier alpha value is -2.99. The molecule has 170 valence electrons. The fraction of sp³-hybridized carbons (Fsp3) is 0.474. The molecule has 1 aliphatic rings. The predicted octanol–water partition coefficient (Wildman–Crippen LogP) is -0.665. The zero-order valence-electron chi connectivity index (χ0n) is 17.0. The highest BCUT2D eigenvalue weighted by molar-refractivity contribution is 7.98. The molecule has 0 saturated carbocycles. The van der Waals surface area contributed by atoms with Crippen molar-refractivity contribution in [3.8, 4) is 11.5 Å². The van der Waals surface area contributed by atoms with Crippen LogP contribution in [-0.4, -0.2) is 77.2 Å². The summed E-state index contributed by atoms with van der Waals surface area (Å²) in [6.45, 7) is 0.431. The van der Waals surface area contributed by atoms with E-state index in [0.29, 0.717) is 0 Å². The number of aliphatic hydroxyl groups is 1. The van der Waals surface area contributed by atoms with E-state index in [0.717, 1.165) is 24.9 Å². The first-order valence-electron chi connectivity index (χ1n) is 9.27. The van der Waals surface area contributed by atoms with Gasteiger partial charge in [0, 0.05) is 35.1 Å². The summed E-state index contributed by atoms with van der Waals surface area (Å²) in [5.41, 5.74) is 0.299. The molecule has 0 aliphatic carbocycles. The maximum absolute atomic E-state index is 12.7. The zero-order chi connectivity index (χ0) is 23.1. The van der Waals surface area contributed by atoms with Gasteiger partial charge in [0.25, 0.3) is 0 Å². The van der Waals surface area contributed by atoms with Crippen LogP contribution in [0, 0.1) is 6.92 Å². The van der Waals surface area contributed by atoms with Crippen molar-refractivity contribution in [2.24, 2.45) is 0 Å². The van der Waals surface area contributed by atoms with Crippen molar-refractivity contribution >= 4 is 35.5 Å². The number of carbonyl (C=O) groups is 4. The number of aliphatic hydroxyl groups excluding tert-OH is 1. The molecule has 1 aromatic rings. The quantitative estimate of drug-likeness (QED) is 0.366. The highest BCUT2D eigenvalue weighted by atomic mass is 32.2. The first-order chi connectivity index (χ1) is 14.7. The van der Waals surface area contributed by atoms with Crippen LogP contribution in [0.5, 0.6) is 11.5 Å². The molecule has 1 aromatic carbocycles. The lowest BCUT2D eigenvalue weighted by atomic mass is 10.0. The number of thioether (sulfide) groups is 1. The number of esters is 2. The Labute approximate surface area is 182 Å². The smallest absolute Gasteiger partial charge is 0.339 e. The second kappa shape index (κ2) is 10.9. The van der Waals surface area contributed by atoms with Crippen molar-refractivity contribution in [3.63, 3.8) is 0 Å². The molecular weight excluding hydrogens is 432 g/mol. The molecular formula is C19H24N2O9S. The number of methoxy groups -OCH3 is 1. The Morgan fingerprint density at radius 2 is 2.03 bits per heavy atom. The molecule has 0 saturated heterocycles. The van der Waals surface area contributed by atoms with Gasteiger partial charge < -0.3 is 35.4 Å². The molecule has 0 spiro atoms. The van der Waals surface area contributed by atoms with E-state index >= 15 is 0 Å². The Kier molecular flexibility index (Phi) is 8.51. The van der Waals surface area contributed by atoms with Crippen molar-refractivity contribution in [3.05, 3.63) is 22.8 Å². The highest BCUT2D eigenvalue weighted by Crippen LogP contribution is 2.35. The summed E-state index contributed by atoms with van der Waals surface area (Å²) in [6.07, 6.45) is -0.280. The van der Waals surface area contributed by atoms with Crippen LogP contribution in [0.25, 0.3) is 0 Å². The molecule has 0 aromatic heterocycles. The van der Waals surface area contributed by atoms with Gasteiger partial charge in [-0.3, -0.25) is 9.59 Å². The third-order valence-corrected chi connectivity index (χ3v) is 5.61. The van der Waals surface area contributed by atoms with Crippen molar-refractivity contribution in [1.29, 1.82) is 0 Å². The van der Waals surface area contributed by atoms with Gasteiger partial charge in [-0.2, -0.15) is 11.8 Å². The zero-order valence-corrected chi connectivity index (χ0v) is 17.8. The normalized spacial score (nSPS) is 19.7. The van der Waals surface area contributed by atoms with E-state index in [2.05, 4.69) is 10.6 Å². The molecule has 0 radical (unpaired) electrons. The molecule has 1 heterocycles. The molecule has 0 unspecified atom stereocenters. The molecule has 31 heavy (non-hydrogen) atoms. The second-order valence-corrected chi connectivity index (χ2v) is 7.72. The van der Waals surface area contributed by atoms with E-state index in [9.17, 15) is 29.4 Å². The number of ether oxygens (including phenoxy) is 2. The number of hydrogen-bond acceptors (Lipinski definition) is 10. The minimum Gasteiger partial charge on any atom is -0.508 e. The van der Waals surface area contributed by atoms with Crippen molar-refractivity contribution in [1.82, 2.24) is 10.6 Å². The van der Waals surface area contributed by atoms with Crippen LogP contribution < -0.4 is 10.6 Å². The first-order valence-corrected chi connectivity index (χ1v) is 10.4. The molecule has 5 N–H and O–H groups in total. The Bertz CT molecular complexity index is 874. The maximum atomic E-state index is 12.7. The lowest BCUT2D eigenvalue weighted by Gasteiger charge is -2.24. The van der Waals surface area contributed by atoms with Gasteiger partial charge in [0.15, 0.2) is 0 Å². The number of rotatable bonds is 4. The second-order valence-electron chi connectivity index (χ2n) is 6.69. The number of aromatic hydroxyl groups is 2. The molecule has 0 fully saturated rings. The number of amides is 2. The van der Waals surface area contributed by atoms with Crippen LogP contribution in [0.2, 0.25) is 0 Å². The van der Waals surface area contributed by atoms with Gasteiger partial charge in [-0.1, -0.05) is 0 Å². The number of carbonyl (C=O) groups excluding carboxylic acids is 4. The molecule has 11 nitrogen and oxygen atoms in total. The van der Waals surface area contributed by atoms with Crippen LogP contribution in [0.3, 0.4) is 0 Å². The van der Waals surface area contributed by atoms with Crippen LogP contribution in [-0.2, 0) is 29.6 Å². The topological polar surface area (TPSA) is 171 Å². The highest BCUT2D eigenvalue weighted by Gasteiger charge is 2.31. The number of hydrogen-bond donors (Lipinski definition) is 5. The standard InChI is InChI=1S/C19H24N2O9S/c1-9-13(23)5-14(24)10-7-31-8-12(18(27)29-2)21-17(26)11(20-15(25)3-4-22)6-30-19(28)16(9)10/h5,11-12,22-24H,3-4,6-8H2,1-2H3,(H,20,25)(H,21,26)/t11-,12+/m1/s1. The van der Waals surface area contributed by atoms with Gasteiger partial charge in [0.05, 0.1) is 19.3 Å². The lowest BCUT2D eigenvalue weighted by Crippen LogP contribution is -2.54. The molecule has 0 bridgehead atoms. The van der Waals surface area contributed by atoms with Gasteiger partial charge in [-0.05, 0) is 6.92 Å². The number of benzene rings is 1. The van der Waals surface area contributed by atoms with Crippen LogP contribution in [0.1, 0.15) is 27.9 Å². The summed E-state index contributed by atoms with van der Waals surface area (Å²) in [7, 11) is 1.16. The number of phenolic OH excluding ortho intramolecular Hbond substituents is 2. The largest absolute Gasteiger partial charge is 0.508 e. The number of fused-ring (bicyclic) bond motifs is 1. The summed E-state index contributed by atoms with van der Waals surface area (Å²) < 4.78 is 9.90. The molecule has 12 heteroatoms. The molecule has 2 amide bonds. The van der Waals surface area contributed by atoms with Gasteiger partial charge >= 0.3 is 11.9 Å². The van der Waals surface area contributed by atoms with Gasteiger partial charge in [-0.25, -0.2) is 9.59 Å². The minimum atomic E-state index is -1.35. The predicted molar refractivity (Wildman–Crippen MR) is 109 cm³/mol. The average molecular weight is 456 g/mol. The summed E-state index contributed by atoms with van der Waals surface area (Å²) >= 11 is 1.13. The van der Waals surface area contributed by atoms with E-state index in [1.807, 2.05) is 0 Å². The van der Waals surface area contributed by atoms with Crippen molar-refractivity contribution in [2.45, 2.75) is 31.2 Å². The average Bonchev–Trinajstić information content (AvgIpc) is 2.72. The number of nitrogens with one attached hydrogen (secondary N) is 2. The molecule has 2 atom stereocenters. The molecule has 1 aliphatic heterocycles.